The van der Waals surface area contributed by atoms with Crippen molar-refractivity contribution in [2.75, 3.05) is 0 Å². The first-order chi connectivity index (χ1) is 15.9. The molecular formula is C28H28F6. The number of rotatable bonds is 8. The van der Waals surface area contributed by atoms with E-state index in [0.29, 0.717) is 12.8 Å². The lowest BCUT2D eigenvalue weighted by Crippen LogP contribution is -2.05. The fourth-order valence-electron chi connectivity index (χ4n) is 4.20. The molecule has 0 unspecified atom stereocenters. The summed E-state index contributed by atoms with van der Waals surface area (Å²) in [4.78, 5) is 0. The molecule has 0 atom stereocenters. The predicted molar refractivity (Wildman–Crippen MR) is 127 cm³/mol. The second-order valence-electron chi connectivity index (χ2n) is 8.71. The first kappa shape index (κ1) is 25.9. The maximum absolute atomic E-state index is 12.5. The molecule has 6 heteroatoms. The average Bonchev–Trinajstić information content (AvgIpc) is 2.72. The normalized spacial score (nSPS) is 13.2. The number of allylic oxidation sites excluding steroid dienone is 4. The quantitative estimate of drug-likeness (QED) is 0.172. The van der Waals surface area contributed by atoms with Crippen LogP contribution in [0.15, 0.2) is 60.7 Å². The van der Waals surface area contributed by atoms with Crippen molar-refractivity contribution in [2.45, 2.75) is 64.7 Å². The molecule has 3 aromatic carbocycles. The number of hydrogen-bond donors (Lipinski definition) is 0. The van der Waals surface area contributed by atoms with Crippen molar-refractivity contribution in [3.05, 3.63) is 83.0 Å². The van der Waals surface area contributed by atoms with Crippen LogP contribution in [0.3, 0.4) is 0 Å². The summed E-state index contributed by atoms with van der Waals surface area (Å²) in [6, 6.07) is 12.2. The molecule has 0 aliphatic heterocycles. The van der Waals surface area contributed by atoms with E-state index in [2.05, 4.69) is 12.1 Å². The van der Waals surface area contributed by atoms with E-state index in [1.807, 2.05) is 38.1 Å². The van der Waals surface area contributed by atoms with Gasteiger partial charge in [-0.3, -0.25) is 0 Å². The van der Waals surface area contributed by atoms with Crippen LogP contribution < -0.4 is 0 Å². The summed E-state index contributed by atoms with van der Waals surface area (Å²) in [5.41, 5.74) is 4.21. The van der Waals surface area contributed by atoms with E-state index in [0.717, 1.165) is 43.8 Å². The van der Waals surface area contributed by atoms with Gasteiger partial charge in [0.05, 0.1) is 0 Å². The highest BCUT2D eigenvalue weighted by atomic mass is 19.4. The second-order valence-corrected chi connectivity index (χ2v) is 8.71. The highest BCUT2D eigenvalue weighted by Gasteiger charge is 2.26. The zero-order valence-corrected chi connectivity index (χ0v) is 19.3. The molecule has 0 saturated carbocycles. The molecule has 0 spiro atoms. The average molecular weight is 479 g/mol. The third-order valence-corrected chi connectivity index (χ3v) is 5.82. The molecule has 0 bridgehead atoms. The van der Waals surface area contributed by atoms with E-state index in [4.69, 9.17) is 0 Å². The van der Waals surface area contributed by atoms with Crippen molar-refractivity contribution < 1.29 is 26.3 Å². The van der Waals surface area contributed by atoms with E-state index in [-0.39, 0.29) is 12.8 Å². The summed E-state index contributed by atoms with van der Waals surface area (Å²) in [7, 11) is 0. The minimum absolute atomic E-state index is 0.0572. The Labute approximate surface area is 196 Å². The van der Waals surface area contributed by atoms with E-state index >= 15 is 0 Å². The molecule has 34 heavy (non-hydrogen) atoms. The van der Waals surface area contributed by atoms with Gasteiger partial charge in [-0.15, -0.1) is 0 Å². The zero-order chi connectivity index (χ0) is 24.9. The largest absolute Gasteiger partial charge is 0.389 e. The van der Waals surface area contributed by atoms with Crippen LogP contribution in [0, 0.1) is 13.8 Å². The third-order valence-electron chi connectivity index (χ3n) is 5.82. The summed E-state index contributed by atoms with van der Waals surface area (Å²) in [6.45, 7) is 3.97. The molecule has 0 aliphatic rings. The molecule has 0 amide bonds. The van der Waals surface area contributed by atoms with Crippen molar-refractivity contribution in [3.8, 4) is 0 Å². The fourth-order valence-corrected chi connectivity index (χ4v) is 4.20. The Hall–Kier alpha value is -2.76. The molecule has 0 nitrogen and oxygen atoms in total. The Morgan fingerprint density at radius 2 is 0.941 bits per heavy atom. The van der Waals surface area contributed by atoms with Crippen molar-refractivity contribution in [1.82, 2.24) is 0 Å². The van der Waals surface area contributed by atoms with Crippen LogP contribution in [0.25, 0.3) is 21.5 Å². The second kappa shape index (κ2) is 10.7. The molecule has 0 heterocycles. The first-order valence-corrected chi connectivity index (χ1v) is 11.3. The van der Waals surface area contributed by atoms with Crippen LogP contribution in [0.4, 0.5) is 26.3 Å². The molecule has 0 aromatic heterocycles. The number of halogens is 6. The standard InChI is InChI=1S/C28H28F6/c1-19-11-13-23-22(10-6-4-8-16-28(32,33)34)26-18-20(2)12-14-24(26)21(25(23)17-19)9-5-3-7-15-27(29,30)31/h3-6,11-14,17-18H,7-10,15-16H2,1-2H3/b5-3-,6-4-. The van der Waals surface area contributed by atoms with Gasteiger partial charge in [0.15, 0.2) is 0 Å². The predicted octanol–water partition coefficient (Wildman–Crippen LogP) is 9.49. The Kier molecular flexibility index (Phi) is 8.11. The molecule has 0 N–H and O–H groups in total. The minimum Gasteiger partial charge on any atom is -0.171 e. The molecule has 3 rings (SSSR count). The molecular weight excluding hydrogens is 450 g/mol. The van der Waals surface area contributed by atoms with Crippen molar-refractivity contribution in [3.63, 3.8) is 0 Å². The zero-order valence-electron chi connectivity index (χ0n) is 19.3. The molecule has 0 saturated heterocycles. The van der Waals surface area contributed by atoms with Crippen LogP contribution in [-0.4, -0.2) is 12.4 Å². The number of alkyl halides is 6. The maximum Gasteiger partial charge on any atom is 0.389 e. The van der Waals surface area contributed by atoms with Gasteiger partial charge < -0.3 is 0 Å². The van der Waals surface area contributed by atoms with Gasteiger partial charge in [-0.05, 0) is 72.2 Å². The van der Waals surface area contributed by atoms with E-state index in [9.17, 15) is 26.3 Å². The monoisotopic (exact) mass is 478 g/mol. The van der Waals surface area contributed by atoms with Crippen molar-refractivity contribution >= 4 is 21.5 Å². The van der Waals surface area contributed by atoms with Gasteiger partial charge in [0.1, 0.15) is 0 Å². The van der Waals surface area contributed by atoms with Gasteiger partial charge in [-0.2, -0.15) is 26.3 Å². The Balaban J connectivity index is 2.02. The molecule has 0 radical (unpaired) electrons. The summed E-state index contributed by atoms with van der Waals surface area (Å²) in [5, 5.41) is 4.08. The van der Waals surface area contributed by atoms with Crippen LogP contribution in [0.2, 0.25) is 0 Å². The van der Waals surface area contributed by atoms with Gasteiger partial charge in [-0.1, -0.05) is 71.8 Å². The van der Waals surface area contributed by atoms with E-state index < -0.39 is 25.2 Å². The highest BCUT2D eigenvalue weighted by molar-refractivity contribution is 6.06. The molecule has 0 fully saturated rings. The molecule has 182 valence electrons. The SMILES string of the molecule is Cc1ccc2c(C/C=C\CCC(F)(F)F)c3cc(C)ccc3c(C/C=C\CCC(F)(F)F)c2c1. The summed E-state index contributed by atoms with van der Waals surface area (Å²) < 4.78 is 74.8. The van der Waals surface area contributed by atoms with Gasteiger partial charge in [-0.25, -0.2) is 0 Å². The lowest BCUT2D eigenvalue weighted by molar-refractivity contribution is -0.134. The smallest absolute Gasteiger partial charge is 0.171 e. The van der Waals surface area contributed by atoms with E-state index in [1.54, 1.807) is 24.3 Å². The van der Waals surface area contributed by atoms with Gasteiger partial charge in [0, 0.05) is 12.8 Å². The van der Waals surface area contributed by atoms with Crippen LogP contribution in [0.5, 0.6) is 0 Å². The Morgan fingerprint density at radius 3 is 1.29 bits per heavy atom. The van der Waals surface area contributed by atoms with Gasteiger partial charge in [0.2, 0.25) is 0 Å². The van der Waals surface area contributed by atoms with Gasteiger partial charge in [0.25, 0.3) is 0 Å². The highest BCUT2D eigenvalue weighted by Crippen LogP contribution is 2.35. The van der Waals surface area contributed by atoms with E-state index in [1.165, 1.54) is 0 Å². The molecule has 0 aliphatic carbocycles. The van der Waals surface area contributed by atoms with Crippen LogP contribution in [0.1, 0.15) is 47.9 Å². The lowest BCUT2D eigenvalue weighted by Gasteiger charge is -2.17. The Morgan fingerprint density at radius 1 is 0.559 bits per heavy atom. The number of fused-ring (bicyclic) bond motifs is 2. The third kappa shape index (κ3) is 7.12. The van der Waals surface area contributed by atoms with Crippen LogP contribution in [-0.2, 0) is 12.8 Å². The summed E-state index contributed by atoms with van der Waals surface area (Å²) in [6.07, 6.45) is -2.42. The topological polar surface area (TPSA) is 0 Å². The van der Waals surface area contributed by atoms with Gasteiger partial charge >= 0.3 is 12.4 Å². The van der Waals surface area contributed by atoms with Crippen molar-refractivity contribution in [2.24, 2.45) is 0 Å². The minimum atomic E-state index is -4.17. The number of benzene rings is 3. The number of hydrogen-bond acceptors (Lipinski definition) is 0. The fraction of sp³-hybridized carbons (Fsp3) is 0.357. The maximum atomic E-state index is 12.5. The summed E-state index contributed by atoms with van der Waals surface area (Å²) >= 11 is 0. The number of aryl methyl sites for hydroxylation is 2. The van der Waals surface area contributed by atoms with Crippen molar-refractivity contribution in [1.29, 1.82) is 0 Å². The van der Waals surface area contributed by atoms with Crippen LogP contribution >= 0.6 is 0 Å². The Bertz CT molecular complexity index is 1100. The first-order valence-electron chi connectivity index (χ1n) is 11.3. The molecule has 3 aromatic rings. The lowest BCUT2D eigenvalue weighted by atomic mass is 9.87. The summed E-state index contributed by atoms with van der Waals surface area (Å²) in [5.74, 6) is 0.